The molecule has 1 aliphatic heterocycles. The van der Waals surface area contributed by atoms with Gasteiger partial charge >= 0.3 is 0 Å². The van der Waals surface area contributed by atoms with Gasteiger partial charge in [0.15, 0.2) is 0 Å². The van der Waals surface area contributed by atoms with Gasteiger partial charge in [0.05, 0.1) is 26.4 Å². The summed E-state index contributed by atoms with van der Waals surface area (Å²) in [6, 6.07) is 7.31. The number of rotatable bonds is 4. The Morgan fingerprint density at radius 3 is 3.00 bits per heavy atom. The molecule has 0 bridgehead atoms. The van der Waals surface area contributed by atoms with Gasteiger partial charge in [0, 0.05) is 12.1 Å². The predicted molar refractivity (Wildman–Crippen MR) is 72.2 cm³/mol. The fraction of sp³-hybridized carbons (Fsp3) is 0.500. The molecule has 1 saturated heterocycles. The van der Waals surface area contributed by atoms with E-state index in [4.69, 9.17) is 9.47 Å². The van der Waals surface area contributed by atoms with Crippen molar-refractivity contribution in [2.75, 3.05) is 26.9 Å². The lowest BCUT2D eigenvalue weighted by Crippen LogP contribution is -2.51. The number of carbonyl (C=O) groups excluding carboxylic acids is 1. The topological polar surface area (TPSA) is 59.6 Å². The third kappa shape index (κ3) is 3.45. The van der Waals surface area contributed by atoms with Crippen molar-refractivity contribution in [2.24, 2.45) is 0 Å². The fourth-order valence-corrected chi connectivity index (χ4v) is 2.15. The maximum atomic E-state index is 12.1. The third-order valence-corrected chi connectivity index (χ3v) is 3.20. The van der Waals surface area contributed by atoms with Crippen molar-refractivity contribution >= 4 is 5.91 Å². The monoisotopic (exact) mass is 264 g/mol. The quantitative estimate of drug-likeness (QED) is 0.847. The second-order valence-corrected chi connectivity index (χ2v) is 4.55. The Kier molecular flexibility index (Phi) is 4.76. The lowest BCUT2D eigenvalue weighted by Gasteiger charge is -2.25. The zero-order valence-corrected chi connectivity index (χ0v) is 11.3. The molecule has 1 aromatic rings. The molecule has 104 valence electrons. The molecule has 5 heteroatoms. The van der Waals surface area contributed by atoms with Crippen molar-refractivity contribution in [3.8, 4) is 5.75 Å². The Balaban J connectivity index is 1.99. The van der Waals surface area contributed by atoms with E-state index in [-0.39, 0.29) is 18.0 Å². The highest BCUT2D eigenvalue weighted by Crippen LogP contribution is 2.24. The molecule has 0 aromatic heterocycles. The van der Waals surface area contributed by atoms with Crippen LogP contribution in [-0.4, -0.2) is 38.8 Å². The van der Waals surface area contributed by atoms with E-state index in [1.807, 2.05) is 31.2 Å². The molecular weight excluding hydrogens is 244 g/mol. The van der Waals surface area contributed by atoms with Crippen LogP contribution in [-0.2, 0) is 9.53 Å². The number of methoxy groups -OCH3 is 1. The molecule has 2 rings (SSSR count). The van der Waals surface area contributed by atoms with Crippen molar-refractivity contribution in [3.05, 3.63) is 29.8 Å². The summed E-state index contributed by atoms with van der Waals surface area (Å²) < 4.78 is 10.6. The van der Waals surface area contributed by atoms with Crippen molar-refractivity contribution in [1.82, 2.24) is 10.6 Å². The number of hydrogen-bond donors (Lipinski definition) is 2. The van der Waals surface area contributed by atoms with Crippen LogP contribution in [0.4, 0.5) is 0 Å². The van der Waals surface area contributed by atoms with E-state index in [1.54, 1.807) is 7.11 Å². The first kappa shape index (κ1) is 13.8. The highest BCUT2D eigenvalue weighted by molar-refractivity contribution is 5.82. The van der Waals surface area contributed by atoms with E-state index in [9.17, 15) is 4.79 Å². The van der Waals surface area contributed by atoms with E-state index < -0.39 is 0 Å². The second-order valence-electron chi connectivity index (χ2n) is 4.55. The van der Waals surface area contributed by atoms with Crippen LogP contribution in [0.5, 0.6) is 5.75 Å². The SMILES string of the molecule is COc1ccccc1[C@@H](C)NC(=O)C1COCCN1. The summed E-state index contributed by atoms with van der Waals surface area (Å²) >= 11 is 0. The summed E-state index contributed by atoms with van der Waals surface area (Å²) in [4.78, 5) is 12.1. The zero-order chi connectivity index (χ0) is 13.7. The molecule has 1 aromatic carbocycles. The molecule has 5 nitrogen and oxygen atoms in total. The Morgan fingerprint density at radius 2 is 2.32 bits per heavy atom. The number of ether oxygens (including phenoxy) is 2. The van der Waals surface area contributed by atoms with E-state index in [2.05, 4.69) is 10.6 Å². The second kappa shape index (κ2) is 6.54. The molecule has 2 atom stereocenters. The summed E-state index contributed by atoms with van der Waals surface area (Å²) in [7, 11) is 1.63. The molecule has 2 N–H and O–H groups in total. The number of hydrogen-bond acceptors (Lipinski definition) is 4. The first-order valence-electron chi connectivity index (χ1n) is 6.47. The molecule has 0 spiro atoms. The van der Waals surface area contributed by atoms with Crippen LogP contribution in [0, 0.1) is 0 Å². The third-order valence-electron chi connectivity index (χ3n) is 3.20. The summed E-state index contributed by atoms with van der Waals surface area (Å²) in [6.45, 7) is 3.73. The average molecular weight is 264 g/mol. The lowest BCUT2D eigenvalue weighted by atomic mass is 10.1. The van der Waals surface area contributed by atoms with Crippen LogP contribution in [0.2, 0.25) is 0 Å². The van der Waals surface area contributed by atoms with E-state index in [0.29, 0.717) is 19.8 Å². The van der Waals surface area contributed by atoms with Crippen molar-refractivity contribution < 1.29 is 14.3 Å². The van der Waals surface area contributed by atoms with Crippen LogP contribution in [0.25, 0.3) is 0 Å². The van der Waals surface area contributed by atoms with Crippen LogP contribution >= 0.6 is 0 Å². The smallest absolute Gasteiger partial charge is 0.240 e. The van der Waals surface area contributed by atoms with Gasteiger partial charge in [-0.05, 0) is 13.0 Å². The van der Waals surface area contributed by atoms with Gasteiger partial charge in [0.2, 0.25) is 5.91 Å². The number of nitrogens with one attached hydrogen (secondary N) is 2. The van der Waals surface area contributed by atoms with Gasteiger partial charge in [0.25, 0.3) is 0 Å². The van der Waals surface area contributed by atoms with Crippen molar-refractivity contribution in [1.29, 1.82) is 0 Å². The van der Waals surface area contributed by atoms with Gasteiger partial charge in [-0.15, -0.1) is 0 Å². The Bertz CT molecular complexity index is 430. The standard InChI is InChI=1S/C14H20N2O3/c1-10(11-5-3-4-6-13(11)18-2)16-14(17)12-9-19-8-7-15-12/h3-6,10,12,15H,7-9H2,1-2H3,(H,16,17)/t10-,12?/m1/s1. The summed E-state index contributed by atoms with van der Waals surface area (Å²) in [5.74, 6) is 0.737. The minimum absolute atomic E-state index is 0.0434. The predicted octanol–water partition coefficient (Wildman–Crippen LogP) is 0.861. The highest BCUT2D eigenvalue weighted by atomic mass is 16.5. The first-order chi connectivity index (χ1) is 9.22. The first-order valence-corrected chi connectivity index (χ1v) is 6.47. The molecular formula is C14H20N2O3. The van der Waals surface area contributed by atoms with Gasteiger partial charge in [0.1, 0.15) is 11.8 Å². The van der Waals surface area contributed by atoms with Crippen LogP contribution in [0.3, 0.4) is 0 Å². The Morgan fingerprint density at radius 1 is 1.53 bits per heavy atom. The van der Waals surface area contributed by atoms with Crippen LogP contribution < -0.4 is 15.4 Å². The molecule has 1 aliphatic rings. The van der Waals surface area contributed by atoms with E-state index in [1.165, 1.54) is 0 Å². The number of amides is 1. The molecule has 1 fully saturated rings. The van der Waals surface area contributed by atoms with Gasteiger partial charge in [-0.2, -0.15) is 0 Å². The molecule has 19 heavy (non-hydrogen) atoms. The van der Waals surface area contributed by atoms with Crippen molar-refractivity contribution in [2.45, 2.75) is 19.0 Å². The molecule has 0 radical (unpaired) electrons. The van der Waals surface area contributed by atoms with Crippen LogP contribution in [0.1, 0.15) is 18.5 Å². The van der Waals surface area contributed by atoms with Crippen LogP contribution in [0.15, 0.2) is 24.3 Å². The Hall–Kier alpha value is -1.59. The maximum Gasteiger partial charge on any atom is 0.240 e. The molecule has 0 saturated carbocycles. The highest BCUT2D eigenvalue weighted by Gasteiger charge is 2.23. The average Bonchev–Trinajstić information content (AvgIpc) is 2.48. The summed E-state index contributed by atoms with van der Waals surface area (Å²) in [5, 5.41) is 6.12. The maximum absolute atomic E-state index is 12.1. The minimum atomic E-state index is -0.272. The number of para-hydroxylation sites is 1. The normalized spacial score (nSPS) is 20.6. The summed E-state index contributed by atoms with van der Waals surface area (Å²) in [6.07, 6.45) is 0. The van der Waals surface area contributed by atoms with Gasteiger partial charge < -0.3 is 20.1 Å². The van der Waals surface area contributed by atoms with E-state index in [0.717, 1.165) is 11.3 Å². The number of morpholine rings is 1. The minimum Gasteiger partial charge on any atom is -0.496 e. The number of carbonyl (C=O) groups is 1. The molecule has 1 unspecified atom stereocenters. The Labute approximate surface area is 113 Å². The summed E-state index contributed by atoms with van der Waals surface area (Å²) in [5.41, 5.74) is 0.968. The fourth-order valence-electron chi connectivity index (χ4n) is 2.15. The van der Waals surface area contributed by atoms with Gasteiger partial charge in [-0.25, -0.2) is 0 Å². The van der Waals surface area contributed by atoms with Crippen molar-refractivity contribution in [3.63, 3.8) is 0 Å². The molecule has 0 aliphatic carbocycles. The largest absolute Gasteiger partial charge is 0.496 e. The van der Waals surface area contributed by atoms with Gasteiger partial charge in [-0.1, -0.05) is 18.2 Å². The zero-order valence-electron chi connectivity index (χ0n) is 11.3. The lowest BCUT2D eigenvalue weighted by molar-refractivity contribution is -0.126. The van der Waals surface area contributed by atoms with E-state index >= 15 is 0 Å². The number of benzene rings is 1. The molecule has 1 amide bonds. The molecule has 1 heterocycles. The van der Waals surface area contributed by atoms with Gasteiger partial charge in [-0.3, -0.25) is 4.79 Å².